The number of nitrogens with one attached hydrogen (secondary N) is 1. The summed E-state index contributed by atoms with van der Waals surface area (Å²) in [5, 5.41) is 33.7. The summed E-state index contributed by atoms with van der Waals surface area (Å²) in [7, 11) is 0. The van der Waals surface area contributed by atoms with Gasteiger partial charge < -0.3 is 20.1 Å². The lowest BCUT2D eigenvalue weighted by Gasteiger charge is -2.16. The zero-order chi connectivity index (χ0) is 18.0. The fourth-order valence-electron chi connectivity index (χ4n) is 2.47. The van der Waals surface area contributed by atoms with Crippen molar-refractivity contribution in [3.8, 4) is 0 Å². The van der Waals surface area contributed by atoms with Gasteiger partial charge in [0.1, 0.15) is 23.0 Å². The maximum absolute atomic E-state index is 12.1. The van der Waals surface area contributed by atoms with Gasteiger partial charge in [-0.3, -0.25) is 4.98 Å². The Morgan fingerprint density at radius 2 is 2.00 bits per heavy atom. The molecule has 1 saturated heterocycles. The first-order valence-corrected chi connectivity index (χ1v) is 8.93. The van der Waals surface area contributed by atoms with Crippen molar-refractivity contribution in [1.82, 2.24) is 14.8 Å². The van der Waals surface area contributed by atoms with Crippen LogP contribution in [-0.4, -0.2) is 55.0 Å². The highest BCUT2D eigenvalue weighted by molar-refractivity contribution is 7.98. The van der Waals surface area contributed by atoms with E-state index in [0.29, 0.717) is 10.8 Å². The number of ether oxygens (including phenoxy) is 1. The van der Waals surface area contributed by atoms with Crippen molar-refractivity contribution in [2.24, 2.45) is 0 Å². The minimum absolute atomic E-state index is 0.189. The molecule has 1 aliphatic rings. The zero-order valence-corrected chi connectivity index (χ0v) is 14.6. The Hall–Kier alpha value is -1.56. The molecule has 0 aliphatic carbocycles. The Morgan fingerprint density at radius 1 is 1.28 bits per heavy atom. The van der Waals surface area contributed by atoms with Gasteiger partial charge in [0, 0.05) is 5.75 Å². The molecule has 1 fully saturated rings. The highest BCUT2D eigenvalue weighted by atomic mass is 32.2. The van der Waals surface area contributed by atoms with Crippen LogP contribution in [0.5, 0.6) is 0 Å². The molecule has 0 radical (unpaired) electrons. The standard InChI is InChI=1S/C15H17N3O5S2/c19-6-9-10(20)11(21)14(23-9)18-15(22)16-12(24)13(17-18)25-7-8-4-2-1-3-5-8/h1-5,9-11,14,19-21H,6-7H2,(H,16,22,24)/t9-,10+,11+,14+/m0/s1. The summed E-state index contributed by atoms with van der Waals surface area (Å²) >= 11 is 6.48. The van der Waals surface area contributed by atoms with E-state index in [1.165, 1.54) is 11.8 Å². The van der Waals surface area contributed by atoms with Crippen LogP contribution < -0.4 is 5.69 Å². The molecule has 134 valence electrons. The van der Waals surface area contributed by atoms with Crippen molar-refractivity contribution in [3.05, 3.63) is 51.0 Å². The second-order valence-corrected chi connectivity index (χ2v) is 6.88. The average molecular weight is 383 g/mol. The number of nitrogens with zero attached hydrogens (tertiary/aromatic N) is 2. The zero-order valence-electron chi connectivity index (χ0n) is 13.0. The van der Waals surface area contributed by atoms with Gasteiger partial charge in [-0.25, -0.2) is 4.79 Å². The summed E-state index contributed by atoms with van der Waals surface area (Å²) in [4.78, 5) is 14.6. The molecule has 8 nitrogen and oxygen atoms in total. The first kappa shape index (κ1) is 18.2. The summed E-state index contributed by atoms with van der Waals surface area (Å²) in [5.41, 5.74) is 0.401. The largest absolute Gasteiger partial charge is 0.394 e. The third-order valence-electron chi connectivity index (χ3n) is 3.80. The van der Waals surface area contributed by atoms with Crippen LogP contribution in [-0.2, 0) is 10.5 Å². The Kier molecular flexibility index (Phi) is 5.67. The van der Waals surface area contributed by atoms with Crippen LogP contribution in [0.25, 0.3) is 0 Å². The summed E-state index contributed by atoms with van der Waals surface area (Å²) in [6, 6.07) is 9.68. The minimum atomic E-state index is -1.39. The maximum atomic E-state index is 12.1. The molecule has 25 heavy (non-hydrogen) atoms. The number of hydrogen-bond donors (Lipinski definition) is 4. The normalized spacial score (nSPS) is 26.0. The average Bonchev–Trinajstić information content (AvgIpc) is 2.90. The van der Waals surface area contributed by atoms with Gasteiger partial charge in [-0.15, -0.1) is 0 Å². The molecular weight excluding hydrogens is 366 g/mol. The van der Waals surface area contributed by atoms with Crippen molar-refractivity contribution in [3.63, 3.8) is 0 Å². The summed E-state index contributed by atoms with van der Waals surface area (Å²) in [5.74, 6) is 0.597. The molecule has 0 bridgehead atoms. The first-order valence-electron chi connectivity index (χ1n) is 7.53. The number of benzene rings is 1. The van der Waals surface area contributed by atoms with Gasteiger partial charge in [0.15, 0.2) is 11.3 Å². The van der Waals surface area contributed by atoms with Crippen LogP contribution in [0.2, 0.25) is 0 Å². The van der Waals surface area contributed by atoms with Crippen molar-refractivity contribution in [2.75, 3.05) is 6.61 Å². The van der Waals surface area contributed by atoms with E-state index in [-0.39, 0.29) is 4.64 Å². The third kappa shape index (κ3) is 3.84. The van der Waals surface area contributed by atoms with E-state index in [1.54, 1.807) is 0 Å². The molecule has 1 aromatic heterocycles. The SMILES string of the molecule is O=c1[nH]c(=S)c(SCc2ccccc2)nn1[C@@H]1O[C@@H](CO)[C@@H](O)[C@H]1O. The van der Waals surface area contributed by atoms with E-state index in [1.807, 2.05) is 30.3 Å². The van der Waals surface area contributed by atoms with E-state index in [2.05, 4.69) is 10.1 Å². The Balaban J connectivity index is 1.86. The smallest absolute Gasteiger partial charge is 0.345 e. The number of rotatable bonds is 5. The molecule has 0 amide bonds. The second-order valence-electron chi connectivity index (χ2n) is 5.51. The highest BCUT2D eigenvalue weighted by Gasteiger charge is 2.44. The van der Waals surface area contributed by atoms with E-state index < -0.39 is 36.8 Å². The number of aliphatic hydroxyl groups is 3. The van der Waals surface area contributed by atoms with Crippen LogP contribution in [0, 0.1) is 4.64 Å². The molecule has 0 spiro atoms. The van der Waals surface area contributed by atoms with Gasteiger partial charge in [-0.2, -0.15) is 9.78 Å². The van der Waals surface area contributed by atoms with Crippen molar-refractivity contribution in [2.45, 2.75) is 35.3 Å². The lowest BCUT2D eigenvalue weighted by Crippen LogP contribution is -2.37. The van der Waals surface area contributed by atoms with Crippen LogP contribution >= 0.6 is 24.0 Å². The highest BCUT2D eigenvalue weighted by Crippen LogP contribution is 2.28. The molecule has 4 atom stereocenters. The summed E-state index contributed by atoms with van der Waals surface area (Å²) < 4.78 is 6.45. The lowest BCUT2D eigenvalue weighted by atomic mass is 10.1. The predicted octanol–water partition coefficient (Wildman–Crippen LogP) is 0.205. The molecular formula is C15H17N3O5S2. The predicted molar refractivity (Wildman–Crippen MR) is 92.7 cm³/mol. The fraction of sp³-hybridized carbons (Fsp3) is 0.400. The molecule has 1 aromatic carbocycles. The van der Waals surface area contributed by atoms with Crippen molar-refractivity contribution in [1.29, 1.82) is 0 Å². The molecule has 0 unspecified atom stereocenters. The topological polar surface area (TPSA) is 121 Å². The number of aromatic nitrogens is 3. The van der Waals surface area contributed by atoms with Crippen LogP contribution in [0.4, 0.5) is 0 Å². The first-order chi connectivity index (χ1) is 12.0. The monoisotopic (exact) mass is 383 g/mol. The Morgan fingerprint density at radius 3 is 2.64 bits per heavy atom. The van der Waals surface area contributed by atoms with Gasteiger partial charge in [0.2, 0.25) is 0 Å². The molecule has 1 aliphatic heterocycles. The van der Waals surface area contributed by atoms with E-state index in [9.17, 15) is 15.0 Å². The molecule has 2 heterocycles. The van der Waals surface area contributed by atoms with Crippen molar-refractivity contribution < 1.29 is 20.1 Å². The van der Waals surface area contributed by atoms with Crippen LogP contribution in [0.3, 0.4) is 0 Å². The van der Waals surface area contributed by atoms with Gasteiger partial charge >= 0.3 is 5.69 Å². The molecule has 0 saturated carbocycles. The summed E-state index contributed by atoms with van der Waals surface area (Å²) in [6.07, 6.45) is -4.90. The van der Waals surface area contributed by atoms with E-state index in [4.69, 9.17) is 22.1 Å². The maximum Gasteiger partial charge on any atom is 0.345 e. The molecule has 10 heteroatoms. The number of aromatic amines is 1. The minimum Gasteiger partial charge on any atom is -0.394 e. The van der Waals surface area contributed by atoms with E-state index >= 15 is 0 Å². The molecule has 4 N–H and O–H groups in total. The van der Waals surface area contributed by atoms with Crippen LogP contribution in [0.1, 0.15) is 11.8 Å². The Labute approximate surface area is 152 Å². The quantitative estimate of drug-likeness (QED) is 0.427. The van der Waals surface area contributed by atoms with Crippen LogP contribution in [0.15, 0.2) is 40.2 Å². The number of thioether (sulfide) groups is 1. The van der Waals surface area contributed by atoms with Gasteiger partial charge in [0.05, 0.1) is 6.61 Å². The second kappa shape index (κ2) is 7.77. The fourth-order valence-corrected chi connectivity index (χ4v) is 3.60. The van der Waals surface area contributed by atoms with Gasteiger partial charge in [-0.05, 0) is 5.56 Å². The van der Waals surface area contributed by atoms with Gasteiger partial charge in [-0.1, -0.05) is 54.3 Å². The van der Waals surface area contributed by atoms with Gasteiger partial charge in [0.25, 0.3) is 0 Å². The third-order valence-corrected chi connectivity index (χ3v) is 5.26. The summed E-state index contributed by atoms with van der Waals surface area (Å²) in [6.45, 7) is -0.484. The Bertz CT molecular complexity index is 841. The number of aliphatic hydroxyl groups excluding tert-OH is 3. The number of hydrogen-bond acceptors (Lipinski definition) is 8. The number of H-pyrrole nitrogens is 1. The van der Waals surface area contributed by atoms with E-state index in [0.717, 1.165) is 10.2 Å². The lowest BCUT2D eigenvalue weighted by molar-refractivity contribution is -0.0626. The van der Waals surface area contributed by atoms with Crippen molar-refractivity contribution >= 4 is 24.0 Å². The molecule has 3 rings (SSSR count). The molecule has 2 aromatic rings.